The molecule has 0 saturated carbocycles. The van der Waals surface area contributed by atoms with E-state index in [2.05, 4.69) is 15.5 Å². The summed E-state index contributed by atoms with van der Waals surface area (Å²) in [4.78, 5) is 18.2. The van der Waals surface area contributed by atoms with Gasteiger partial charge in [-0.05, 0) is 49.2 Å². The molecule has 0 unspecified atom stereocenters. The lowest BCUT2D eigenvalue weighted by atomic mass is 10.2. The molecule has 0 spiro atoms. The predicted octanol–water partition coefficient (Wildman–Crippen LogP) is 4.63. The van der Waals surface area contributed by atoms with Crippen LogP contribution in [-0.2, 0) is 13.0 Å². The zero-order valence-electron chi connectivity index (χ0n) is 16.6. The molecular weight excluding hydrogens is 392 g/mol. The normalized spacial score (nSPS) is 10.6. The summed E-state index contributed by atoms with van der Waals surface area (Å²) in [6.45, 7) is 4.55. The van der Waals surface area contributed by atoms with Gasteiger partial charge in [0.05, 0.1) is 10.7 Å². The van der Waals surface area contributed by atoms with E-state index in [0.717, 1.165) is 16.9 Å². The Morgan fingerprint density at radius 2 is 2.00 bits per heavy atom. The number of benzene rings is 2. The van der Waals surface area contributed by atoms with Gasteiger partial charge in [-0.1, -0.05) is 35.0 Å². The Morgan fingerprint density at radius 1 is 1.21 bits per heavy atom. The number of carbonyl (C=O) groups is 1. The summed E-state index contributed by atoms with van der Waals surface area (Å²) >= 11 is 6.16. The molecule has 2 amide bonds. The zero-order valence-corrected chi connectivity index (χ0v) is 17.4. The first kappa shape index (κ1) is 20.7. The molecule has 0 radical (unpaired) electrons. The molecule has 0 aliphatic heterocycles. The maximum Gasteiger partial charge on any atom is 0.321 e. The van der Waals surface area contributed by atoms with E-state index in [4.69, 9.17) is 20.9 Å². The van der Waals surface area contributed by atoms with E-state index in [9.17, 15) is 4.79 Å². The van der Waals surface area contributed by atoms with E-state index in [-0.39, 0.29) is 12.6 Å². The monoisotopic (exact) mass is 414 g/mol. The van der Waals surface area contributed by atoms with Gasteiger partial charge in [0.2, 0.25) is 0 Å². The Kier molecular flexibility index (Phi) is 6.72. The van der Waals surface area contributed by atoms with Crippen molar-refractivity contribution in [1.29, 1.82) is 0 Å². The first-order valence-corrected chi connectivity index (χ1v) is 9.57. The second kappa shape index (κ2) is 9.43. The van der Waals surface area contributed by atoms with Crippen LogP contribution in [0, 0.1) is 13.8 Å². The molecule has 0 fully saturated rings. The second-order valence-corrected chi connectivity index (χ2v) is 7.20. The van der Waals surface area contributed by atoms with Crippen molar-refractivity contribution in [2.75, 3.05) is 18.9 Å². The van der Waals surface area contributed by atoms with Crippen molar-refractivity contribution >= 4 is 23.3 Å². The number of hydrogen-bond acceptors (Lipinski definition) is 5. The number of urea groups is 1. The SMILES string of the molecule is Cc1cccc(OCc2nc(CCN(C)C(=O)Nc3ccc(C)cc3Cl)no2)c1. The van der Waals surface area contributed by atoms with Crippen LogP contribution in [0.1, 0.15) is 22.8 Å². The maximum absolute atomic E-state index is 12.3. The maximum atomic E-state index is 12.3. The van der Waals surface area contributed by atoms with Crippen LogP contribution in [0.5, 0.6) is 5.75 Å². The molecule has 0 atom stereocenters. The summed E-state index contributed by atoms with van der Waals surface area (Å²) in [7, 11) is 1.69. The van der Waals surface area contributed by atoms with E-state index in [1.165, 1.54) is 4.90 Å². The number of carbonyl (C=O) groups excluding carboxylic acids is 1. The number of rotatable bonds is 7. The molecule has 7 nitrogen and oxygen atoms in total. The Bertz CT molecular complexity index is 990. The van der Waals surface area contributed by atoms with E-state index in [0.29, 0.717) is 35.4 Å². The highest BCUT2D eigenvalue weighted by Gasteiger charge is 2.13. The molecule has 29 heavy (non-hydrogen) atoms. The lowest BCUT2D eigenvalue weighted by Crippen LogP contribution is -2.33. The van der Waals surface area contributed by atoms with Crippen LogP contribution in [0.3, 0.4) is 0 Å². The molecule has 0 aliphatic carbocycles. The molecular formula is C21H23ClN4O3. The van der Waals surface area contributed by atoms with Gasteiger partial charge in [0.15, 0.2) is 12.4 Å². The van der Waals surface area contributed by atoms with Gasteiger partial charge in [0, 0.05) is 20.0 Å². The van der Waals surface area contributed by atoms with E-state index in [1.807, 2.05) is 44.2 Å². The lowest BCUT2D eigenvalue weighted by molar-refractivity contribution is 0.222. The van der Waals surface area contributed by atoms with Gasteiger partial charge in [-0.25, -0.2) is 4.79 Å². The largest absolute Gasteiger partial charge is 0.484 e. The minimum absolute atomic E-state index is 0.193. The number of anilines is 1. The fourth-order valence-electron chi connectivity index (χ4n) is 2.60. The zero-order chi connectivity index (χ0) is 20.8. The summed E-state index contributed by atoms with van der Waals surface area (Å²) in [5, 5.41) is 7.23. The molecule has 1 N–H and O–H groups in total. The molecule has 3 rings (SSSR count). The Morgan fingerprint density at radius 3 is 2.76 bits per heavy atom. The van der Waals surface area contributed by atoms with Crippen molar-refractivity contribution in [1.82, 2.24) is 15.0 Å². The summed E-state index contributed by atoms with van der Waals surface area (Å²) in [6, 6.07) is 12.9. The highest BCUT2D eigenvalue weighted by molar-refractivity contribution is 6.33. The van der Waals surface area contributed by atoms with Gasteiger partial charge in [-0.3, -0.25) is 0 Å². The van der Waals surface area contributed by atoms with Crippen molar-refractivity contribution in [2.45, 2.75) is 26.9 Å². The fourth-order valence-corrected chi connectivity index (χ4v) is 2.88. The van der Waals surface area contributed by atoms with Crippen LogP contribution in [-0.4, -0.2) is 34.7 Å². The summed E-state index contributed by atoms with van der Waals surface area (Å²) in [5.74, 6) is 1.65. The van der Waals surface area contributed by atoms with Crippen LogP contribution in [0.4, 0.5) is 10.5 Å². The highest BCUT2D eigenvalue weighted by Crippen LogP contribution is 2.23. The molecule has 1 heterocycles. The first-order chi connectivity index (χ1) is 13.9. The first-order valence-electron chi connectivity index (χ1n) is 9.20. The third-order valence-electron chi connectivity index (χ3n) is 4.25. The number of halogens is 1. The van der Waals surface area contributed by atoms with E-state index in [1.54, 1.807) is 19.2 Å². The molecule has 3 aromatic rings. The third kappa shape index (κ3) is 5.96. The minimum atomic E-state index is -0.262. The molecule has 8 heteroatoms. The highest BCUT2D eigenvalue weighted by atomic mass is 35.5. The van der Waals surface area contributed by atoms with Gasteiger partial charge < -0.3 is 19.5 Å². The van der Waals surface area contributed by atoms with Crippen molar-refractivity contribution in [3.8, 4) is 5.75 Å². The Labute approximate surface area is 174 Å². The average molecular weight is 415 g/mol. The standard InChI is InChI=1S/C21H23ClN4O3/c1-14-5-4-6-16(11-14)28-13-20-24-19(25-29-20)9-10-26(3)21(27)23-18-8-7-15(2)12-17(18)22/h4-8,11-12H,9-10,13H2,1-3H3,(H,23,27). The predicted molar refractivity (Wildman–Crippen MR) is 111 cm³/mol. The average Bonchev–Trinajstić information content (AvgIpc) is 3.14. The van der Waals surface area contributed by atoms with Crippen LogP contribution < -0.4 is 10.1 Å². The van der Waals surface area contributed by atoms with Crippen molar-refractivity contribution in [2.24, 2.45) is 0 Å². The van der Waals surface area contributed by atoms with Gasteiger partial charge in [-0.15, -0.1) is 0 Å². The van der Waals surface area contributed by atoms with Crippen LogP contribution in [0.15, 0.2) is 47.0 Å². The molecule has 1 aromatic heterocycles. The number of amides is 2. The summed E-state index contributed by atoms with van der Waals surface area (Å²) < 4.78 is 10.9. The second-order valence-electron chi connectivity index (χ2n) is 6.79. The van der Waals surface area contributed by atoms with Gasteiger partial charge >= 0.3 is 6.03 Å². The number of aryl methyl sites for hydroxylation is 2. The van der Waals surface area contributed by atoms with Crippen LogP contribution in [0.2, 0.25) is 5.02 Å². The number of nitrogens with one attached hydrogen (secondary N) is 1. The van der Waals surface area contributed by atoms with Crippen molar-refractivity contribution < 1.29 is 14.1 Å². The van der Waals surface area contributed by atoms with Crippen molar-refractivity contribution in [3.05, 3.63) is 70.3 Å². The van der Waals surface area contributed by atoms with Crippen molar-refractivity contribution in [3.63, 3.8) is 0 Å². The number of hydrogen-bond donors (Lipinski definition) is 1. The summed E-state index contributed by atoms with van der Waals surface area (Å²) in [6.07, 6.45) is 0.458. The number of ether oxygens (including phenoxy) is 1. The van der Waals surface area contributed by atoms with Gasteiger partial charge in [0.25, 0.3) is 5.89 Å². The third-order valence-corrected chi connectivity index (χ3v) is 4.56. The molecule has 2 aromatic carbocycles. The number of likely N-dealkylation sites (N-methyl/N-ethyl adjacent to an activating group) is 1. The van der Waals surface area contributed by atoms with Gasteiger partial charge in [0.1, 0.15) is 5.75 Å². The summed E-state index contributed by atoms with van der Waals surface area (Å²) in [5.41, 5.74) is 2.71. The Hall–Kier alpha value is -3.06. The number of nitrogens with zero attached hydrogens (tertiary/aromatic N) is 3. The van der Waals surface area contributed by atoms with E-state index < -0.39 is 0 Å². The topological polar surface area (TPSA) is 80.5 Å². The number of aromatic nitrogens is 2. The smallest absolute Gasteiger partial charge is 0.321 e. The minimum Gasteiger partial charge on any atom is -0.484 e. The molecule has 0 bridgehead atoms. The molecule has 0 aliphatic rings. The fraction of sp³-hybridized carbons (Fsp3) is 0.286. The van der Waals surface area contributed by atoms with Crippen LogP contribution >= 0.6 is 11.6 Å². The van der Waals surface area contributed by atoms with E-state index >= 15 is 0 Å². The van der Waals surface area contributed by atoms with Gasteiger partial charge in [-0.2, -0.15) is 4.98 Å². The quantitative estimate of drug-likeness (QED) is 0.609. The Balaban J connectivity index is 1.47. The molecule has 0 saturated heterocycles. The lowest BCUT2D eigenvalue weighted by Gasteiger charge is -2.17. The van der Waals surface area contributed by atoms with Crippen LogP contribution in [0.25, 0.3) is 0 Å². The molecule has 152 valence electrons.